The van der Waals surface area contributed by atoms with Crippen LogP contribution in [0, 0.1) is 12.8 Å². The number of rotatable bonds is 5. The number of ether oxygens (including phenoxy) is 3. The van der Waals surface area contributed by atoms with E-state index in [1.165, 1.54) is 22.9 Å². The quantitative estimate of drug-likeness (QED) is 0.261. The molecule has 12 nitrogen and oxygen atoms in total. The molecule has 13 heteroatoms. The Morgan fingerprint density at radius 3 is 2.44 bits per heavy atom. The molecule has 0 aliphatic carbocycles. The van der Waals surface area contributed by atoms with Crippen LogP contribution >= 0.6 is 11.6 Å². The average Bonchev–Trinajstić information content (AvgIpc) is 3.82. The lowest BCUT2D eigenvalue weighted by Crippen LogP contribution is -2.63. The van der Waals surface area contributed by atoms with Crippen molar-refractivity contribution in [3.8, 4) is 0 Å². The van der Waals surface area contributed by atoms with Crippen molar-refractivity contribution in [3.63, 3.8) is 0 Å². The van der Waals surface area contributed by atoms with Gasteiger partial charge in [0.25, 0.3) is 5.91 Å². The number of anilines is 1. The van der Waals surface area contributed by atoms with E-state index < -0.39 is 65.7 Å². The second-order valence-corrected chi connectivity index (χ2v) is 15.9. The van der Waals surface area contributed by atoms with Crippen molar-refractivity contribution in [2.45, 2.75) is 115 Å². The van der Waals surface area contributed by atoms with Crippen molar-refractivity contribution in [2.75, 3.05) is 19.0 Å². The van der Waals surface area contributed by atoms with Gasteiger partial charge in [0.1, 0.15) is 30.0 Å². The van der Waals surface area contributed by atoms with Gasteiger partial charge in [0.15, 0.2) is 5.72 Å². The maximum absolute atomic E-state index is 14.1. The molecule has 2 saturated heterocycles. The first kappa shape index (κ1) is 40.9. The van der Waals surface area contributed by atoms with Crippen molar-refractivity contribution >= 4 is 41.2 Å². The smallest absolute Gasteiger partial charge is 0.409 e. The SMILES string of the molecule is C/C1=C\C=C\[C@@H](O)[C@@]2(O)C[C@H](OC(=O)N2)[C@@H](C)[C@@H]2O[C@]2(C)[C@@H](OC(=O)[C@H](C)N(C)C(=O)c2ccc(C(C)C)cc2)CC(=O)N(C)c2cc(cc(C)c2Cl)C1. The van der Waals surface area contributed by atoms with E-state index in [4.69, 9.17) is 25.8 Å². The Labute approximate surface area is 322 Å². The average molecular weight is 766 g/mol. The van der Waals surface area contributed by atoms with Gasteiger partial charge in [-0.1, -0.05) is 74.4 Å². The number of fused-ring (bicyclic) bond motifs is 5. The van der Waals surface area contributed by atoms with E-state index in [1.54, 1.807) is 52.1 Å². The molecule has 292 valence electrons. The summed E-state index contributed by atoms with van der Waals surface area (Å²) in [6.07, 6.45) is -0.355. The van der Waals surface area contributed by atoms with Crippen LogP contribution in [-0.4, -0.2) is 94.9 Å². The minimum atomic E-state index is -2.05. The number of alkyl carbamates (subject to hydrolysis) is 1. The van der Waals surface area contributed by atoms with E-state index in [2.05, 4.69) is 19.2 Å². The summed E-state index contributed by atoms with van der Waals surface area (Å²) in [6, 6.07) is 9.93. The number of likely N-dealkylation sites (N-methyl/N-ethyl adjacent to an activating group) is 1. The highest BCUT2D eigenvalue weighted by atomic mass is 35.5. The summed E-state index contributed by atoms with van der Waals surface area (Å²) in [5, 5.41) is 25.2. The standard InChI is InChI=1S/C41H52ClN3O9/c1-22(2)28-13-15-29(16-14-28)37(48)44(8)26(6)38(49)53-33-20-34(47)45(9)30-19-27(18-24(4)35(30)42)17-23(3)11-10-12-32(46)41(51)21-31(52-39(50)43-41)25(5)36-40(33,7)54-36/h10-16,18-19,22,25-26,31-33,36,46,51H,17,20-21H2,1-9H3,(H,43,50)/b12-10+,23-11+/t25-,26+,31+,32-,33+,36+,40-,41+/m1/s1. The highest BCUT2D eigenvalue weighted by Gasteiger charge is 2.64. The molecular formula is C41H52ClN3O9. The lowest BCUT2D eigenvalue weighted by atomic mass is 9.83. The number of halogens is 1. The van der Waals surface area contributed by atoms with Crippen LogP contribution in [0.2, 0.25) is 5.02 Å². The van der Waals surface area contributed by atoms with E-state index >= 15 is 0 Å². The second-order valence-electron chi connectivity index (χ2n) is 15.5. The minimum Gasteiger partial charge on any atom is -0.457 e. The molecule has 0 radical (unpaired) electrons. The number of amides is 3. The minimum absolute atomic E-state index is 0.179. The fourth-order valence-electron chi connectivity index (χ4n) is 7.17. The third-order valence-electron chi connectivity index (χ3n) is 11.0. The summed E-state index contributed by atoms with van der Waals surface area (Å²) < 4.78 is 17.9. The molecule has 3 N–H and O–H groups in total. The molecular weight excluding hydrogens is 714 g/mol. The first-order chi connectivity index (χ1) is 25.2. The third-order valence-corrected chi connectivity index (χ3v) is 11.5. The summed E-state index contributed by atoms with van der Waals surface area (Å²) in [6.45, 7) is 12.9. The number of aryl methyl sites for hydroxylation is 1. The van der Waals surface area contributed by atoms with Crippen LogP contribution in [0.25, 0.3) is 0 Å². The molecule has 3 aliphatic heterocycles. The molecule has 8 atom stereocenters. The van der Waals surface area contributed by atoms with Crippen molar-refractivity contribution in [3.05, 3.63) is 87.5 Å². The number of esters is 1. The van der Waals surface area contributed by atoms with Crippen LogP contribution in [0.1, 0.15) is 87.4 Å². The van der Waals surface area contributed by atoms with E-state index in [-0.39, 0.29) is 24.7 Å². The number of aliphatic hydroxyl groups excluding tert-OH is 1. The Balaban J connectivity index is 1.48. The summed E-state index contributed by atoms with van der Waals surface area (Å²) in [5.74, 6) is -1.82. The third kappa shape index (κ3) is 8.52. The molecule has 2 aromatic rings. The molecule has 0 spiro atoms. The number of epoxide rings is 1. The number of benzene rings is 2. The van der Waals surface area contributed by atoms with Crippen molar-refractivity contribution in [2.24, 2.45) is 5.92 Å². The van der Waals surface area contributed by atoms with Crippen LogP contribution in [0.4, 0.5) is 10.5 Å². The van der Waals surface area contributed by atoms with Crippen molar-refractivity contribution in [1.29, 1.82) is 0 Å². The predicted molar refractivity (Wildman–Crippen MR) is 204 cm³/mol. The summed E-state index contributed by atoms with van der Waals surface area (Å²) in [5.41, 5.74) is 1.22. The van der Waals surface area contributed by atoms with Crippen LogP contribution < -0.4 is 10.2 Å². The topological polar surface area (TPSA) is 158 Å². The predicted octanol–water partition coefficient (Wildman–Crippen LogP) is 5.60. The molecule has 3 aliphatic rings. The van der Waals surface area contributed by atoms with Gasteiger partial charge in [-0.05, 0) is 74.9 Å². The van der Waals surface area contributed by atoms with Crippen LogP contribution in [-0.2, 0) is 30.2 Å². The van der Waals surface area contributed by atoms with Gasteiger partial charge in [-0.3, -0.25) is 14.9 Å². The normalized spacial score (nSPS) is 30.9. The molecule has 2 fully saturated rings. The number of nitrogens with zero attached hydrogens (tertiary/aromatic N) is 2. The fraction of sp³-hybridized carbons (Fsp3) is 0.512. The van der Waals surface area contributed by atoms with Crippen LogP contribution in [0.5, 0.6) is 0 Å². The molecule has 0 unspecified atom stereocenters. The highest BCUT2D eigenvalue weighted by Crippen LogP contribution is 2.49. The highest BCUT2D eigenvalue weighted by molar-refractivity contribution is 6.34. The zero-order valence-corrected chi connectivity index (χ0v) is 33.1. The molecule has 5 rings (SSSR count). The lowest BCUT2D eigenvalue weighted by Gasteiger charge is -2.41. The number of hydrogen-bond donors (Lipinski definition) is 3. The Bertz CT molecular complexity index is 1850. The van der Waals surface area contributed by atoms with Crippen molar-refractivity contribution < 1.29 is 43.6 Å². The van der Waals surface area contributed by atoms with Crippen LogP contribution in [0.15, 0.2) is 60.2 Å². The largest absolute Gasteiger partial charge is 0.457 e. The first-order valence-electron chi connectivity index (χ1n) is 18.3. The number of carbonyl (C=O) groups is 4. The number of allylic oxidation sites excluding steroid dienone is 3. The first-order valence-corrected chi connectivity index (χ1v) is 18.7. The van der Waals surface area contributed by atoms with Gasteiger partial charge in [-0.2, -0.15) is 0 Å². The van der Waals surface area contributed by atoms with Gasteiger partial charge in [-0.15, -0.1) is 0 Å². The van der Waals surface area contributed by atoms with E-state index in [0.717, 1.165) is 22.3 Å². The molecule has 3 heterocycles. The maximum atomic E-state index is 14.1. The second kappa shape index (κ2) is 15.9. The molecule has 0 aromatic heterocycles. The Kier molecular flexibility index (Phi) is 12.0. The lowest BCUT2D eigenvalue weighted by molar-refractivity contribution is -0.158. The van der Waals surface area contributed by atoms with Gasteiger partial charge >= 0.3 is 12.1 Å². The molecule has 3 amide bonds. The Hall–Kier alpha value is -4.23. The van der Waals surface area contributed by atoms with Gasteiger partial charge < -0.3 is 34.2 Å². The Morgan fingerprint density at radius 1 is 1.13 bits per heavy atom. The molecule has 0 saturated carbocycles. The van der Waals surface area contributed by atoms with Gasteiger partial charge in [0, 0.05) is 32.0 Å². The Morgan fingerprint density at radius 2 is 1.80 bits per heavy atom. The number of hydrogen-bond acceptors (Lipinski definition) is 9. The van der Waals surface area contributed by atoms with E-state index in [1.807, 2.05) is 38.1 Å². The van der Waals surface area contributed by atoms with E-state index in [0.29, 0.717) is 22.7 Å². The van der Waals surface area contributed by atoms with E-state index in [9.17, 15) is 29.4 Å². The summed E-state index contributed by atoms with van der Waals surface area (Å²) in [7, 11) is 3.12. The fourth-order valence-corrected chi connectivity index (χ4v) is 7.40. The van der Waals surface area contributed by atoms with Gasteiger partial charge in [0.05, 0.1) is 23.2 Å². The molecule has 54 heavy (non-hydrogen) atoms. The molecule has 2 aromatic carbocycles. The molecule has 4 bridgehead atoms. The van der Waals surface area contributed by atoms with Gasteiger partial charge in [-0.25, -0.2) is 9.59 Å². The van der Waals surface area contributed by atoms with Crippen molar-refractivity contribution in [1.82, 2.24) is 10.2 Å². The summed E-state index contributed by atoms with van der Waals surface area (Å²) in [4.78, 5) is 56.9. The zero-order chi connectivity index (χ0) is 39.9. The van der Waals surface area contributed by atoms with Crippen LogP contribution in [0.3, 0.4) is 0 Å². The van der Waals surface area contributed by atoms with Gasteiger partial charge in [0.2, 0.25) is 5.91 Å². The monoisotopic (exact) mass is 765 g/mol. The zero-order valence-electron chi connectivity index (χ0n) is 32.4. The number of nitrogens with one attached hydrogen (secondary N) is 1. The number of aliphatic hydroxyl groups is 2. The summed E-state index contributed by atoms with van der Waals surface area (Å²) >= 11 is 6.76. The maximum Gasteiger partial charge on any atom is 0.409 e. The number of carbonyl (C=O) groups excluding carboxylic acids is 4.